The summed E-state index contributed by atoms with van der Waals surface area (Å²) in [5.41, 5.74) is 0.584. The van der Waals surface area contributed by atoms with Crippen LogP contribution >= 0.6 is 11.3 Å². The highest BCUT2D eigenvalue weighted by Gasteiger charge is 2.18. The van der Waals surface area contributed by atoms with Crippen molar-refractivity contribution in [1.82, 2.24) is 20.4 Å². The Balaban J connectivity index is 1.81. The lowest BCUT2D eigenvalue weighted by Crippen LogP contribution is -2.46. The summed E-state index contributed by atoms with van der Waals surface area (Å²) in [6, 6.07) is 1.91. The maximum Gasteiger partial charge on any atom is 0.240 e. The van der Waals surface area contributed by atoms with Crippen molar-refractivity contribution in [3.8, 4) is 11.4 Å². The maximum atomic E-state index is 12.1. The molecule has 0 radical (unpaired) electrons. The zero-order valence-electron chi connectivity index (χ0n) is 14.3. The van der Waals surface area contributed by atoms with Gasteiger partial charge in [0.15, 0.2) is 0 Å². The second kappa shape index (κ2) is 7.57. The number of carbonyl (C=O) groups is 2. The fourth-order valence-corrected chi connectivity index (χ4v) is 2.67. The summed E-state index contributed by atoms with van der Waals surface area (Å²) in [4.78, 5) is 29.6. The lowest BCUT2D eigenvalue weighted by molar-refractivity contribution is -0.135. The Hall–Kier alpha value is -2.22. The van der Waals surface area contributed by atoms with Gasteiger partial charge >= 0.3 is 0 Å². The molecular weight excluding hydrogens is 328 g/mol. The molecule has 0 aromatic carbocycles. The van der Waals surface area contributed by atoms with E-state index in [2.05, 4.69) is 15.5 Å². The predicted molar refractivity (Wildman–Crippen MR) is 91.5 cm³/mol. The molecule has 0 aliphatic rings. The van der Waals surface area contributed by atoms with E-state index in [-0.39, 0.29) is 30.3 Å². The summed E-state index contributed by atoms with van der Waals surface area (Å²) >= 11 is 1.55. The molecule has 0 unspecified atom stereocenters. The van der Waals surface area contributed by atoms with Crippen molar-refractivity contribution in [2.45, 2.75) is 39.2 Å². The molecule has 0 aliphatic carbocycles. The van der Waals surface area contributed by atoms with Gasteiger partial charge in [0.05, 0.1) is 6.54 Å². The van der Waals surface area contributed by atoms with Crippen molar-refractivity contribution in [2.75, 3.05) is 13.6 Å². The van der Waals surface area contributed by atoms with E-state index in [1.807, 2.05) is 37.6 Å². The number of hydrogen-bond donors (Lipinski definition) is 1. The topological polar surface area (TPSA) is 88.3 Å². The van der Waals surface area contributed by atoms with Gasteiger partial charge in [-0.05, 0) is 32.2 Å². The van der Waals surface area contributed by atoms with E-state index >= 15 is 0 Å². The van der Waals surface area contributed by atoms with Crippen molar-refractivity contribution < 1.29 is 14.1 Å². The summed E-state index contributed by atoms with van der Waals surface area (Å²) in [5, 5.41) is 10.6. The molecule has 2 heterocycles. The number of thiophene rings is 1. The lowest BCUT2D eigenvalue weighted by Gasteiger charge is -2.23. The highest BCUT2D eigenvalue weighted by atomic mass is 32.1. The first kappa shape index (κ1) is 18.1. The van der Waals surface area contributed by atoms with E-state index in [9.17, 15) is 9.59 Å². The van der Waals surface area contributed by atoms with Crippen LogP contribution in [0.15, 0.2) is 21.3 Å². The van der Waals surface area contributed by atoms with Crippen molar-refractivity contribution in [1.29, 1.82) is 0 Å². The molecule has 2 amide bonds. The van der Waals surface area contributed by atoms with Crippen LogP contribution in [0.4, 0.5) is 0 Å². The predicted octanol–water partition coefficient (Wildman–Crippen LogP) is 2.10. The van der Waals surface area contributed by atoms with Crippen LogP contribution < -0.4 is 5.32 Å². The Morgan fingerprint density at radius 3 is 2.75 bits per heavy atom. The number of aryl methyl sites for hydroxylation is 1. The molecule has 0 saturated heterocycles. The van der Waals surface area contributed by atoms with Gasteiger partial charge in [-0.1, -0.05) is 5.16 Å². The van der Waals surface area contributed by atoms with E-state index in [1.54, 1.807) is 18.4 Å². The monoisotopic (exact) mass is 350 g/mol. The number of likely N-dealkylation sites (N-methyl/N-ethyl adjacent to an activating group) is 1. The SMILES string of the molecule is CN(CC(=O)NC(C)(C)C)C(=O)CCc1nc(-c2ccsc2)no1. The van der Waals surface area contributed by atoms with Gasteiger partial charge in [0.25, 0.3) is 0 Å². The normalized spacial score (nSPS) is 11.3. The molecule has 0 spiro atoms. The molecule has 0 saturated carbocycles. The van der Waals surface area contributed by atoms with Crippen molar-refractivity contribution in [2.24, 2.45) is 0 Å². The maximum absolute atomic E-state index is 12.1. The number of nitrogens with zero attached hydrogens (tertiary/aromatic N) is 3. The summed E-state index contributed by atoms with van der Waals surface area (Å²) in [6.07, 6.45) is 0.561. The largest absolute Gasteiger partial charge is 0.350 e. The zero-order chi connectivity index (χ0) is 17.7. The molecule has 0 fully saturated rings. The van der Waals surface area contributed by atoms with Gasteiger partial charge in [-0.25, -0.2) is 0 Å². The molecule has 7 nitrogen and oxygen atoms in total. The van der Waals surface area contributed by atoms with Crippen molar-refractivity contribution in [3.05, 3.63) is 22.7 Å². The number of nitrogens with one attached hydrogen (secondary N) is 1. The summed E-state index contributed by atoms with van der Waals surface area (Å²) in [6.45, 7) is 5.72. The second-order valence-electron chi connectivity index (χ2n) is 6.57. The first-order chi connectivity index (χ1) is 11.2. The Bertz CT molecular complexity index is 688. The van der Waals surface area contributed by atoms with Crippen molar-refractivity contribution >= 4 is 23.2 Å². The molecule has 8 heteroatoms. The fraction of sp³-hybridized carbons (Fsp3) is 0.500. The third-order valence-corrected chi connectivity index (χ3v) is 3.80. The van der Waals surface area contributed by atoms with Crippen LogP contribution in [0.1, 0.15) is 33.1 Å². The number of hydrogen-bond acceptors (Lipinski definition) is 6. The highest BCUT2D eigenvalue weighted by molar-refractivity contribution is 7.08. The minimum Gasteiger partial charge on any atom is -0.350 e. The molecule has 1 N–H and O–H groups in total. The smallest absolute Gasteiger partial charge is 0.240 e. The van der Waals surface area contributed by atoms with Crippen LogP contribution in [-0.4, -0.2) is 46.0 Å². The second-order valence-corrected chi connectivity index (χ2v) is 7.35. The van der Waals surface area contributed by atoms with Crippen LogP contribution in [0, 0.1) is 0 Å². The van der Waals surface area contributed by atoms with E-state index in [1.165, 1.54) is 4.90 Å². The van der Waals surface area contributed by atoms with Crippen LogP contribution in [0.25, 0.3) is 11.4 Å². The fourth-order valence-electron chi connectivity index (χ4n) is 2.03. The van der Waals surface area contributed by atoms with Gasteiger partial charge in [-0.2, -0.15) is 16.3 Å². The molecule has 2 rings (SSSR count). The molecular formula is C16H22N4O3S. The lowest BCUT2D eigenvalue weighted by atomic mass is 10.1. The van der Waals surface area contributed by atoms with Gasteiger partial charge in [-0.15, -0.1) is 0 Å². The molecule has 0 aliphatic heterocycles. The third kappa shape index (κ3) is 5.45. The number of aromatic nitrogens is 2. The van der Waals surface area contributed by atoms with Gasteiger partial charge in [0.1, 0.15) is 0 Å². The summed E-state index contributed by atoms with van der Waals surface area (Å²) in [5.74, 6) is 0.610. The van der Waals surface area contributed by atoms with E-state index < -0.39 is 0 Å². The first-order valence-electron chi connectivity index (χ1n) is 7.65. The Kier molecular flexibility index (Phi) is 5.71. The molecule has 0 bridgehead atoms. The van der Waals surface area contributed by atoms with Gasteiger partial charge in [0.2, 0.25) is 23.5 Å². The van der Waals surface area contributed by atoms with Crippen LogP contribution in [0.2, 0.25) is 0 Å². The molecule has 2 aromatic rings. The molecule has 130 valence electrons. The van der Waals surface area contributed by atoms with Crippen LogP contribution in [-0.2, 0) is 16.0 Å². The quantitative estimate of drug-likeness (QED) is 0.862. The average molecular weight is 350 g/mol. The van der Waals surface area contributed by atoms with Gasteiger partial charge < -0.3 is 14.7 Å². The minimum atomic E-state index is -0.317. The molecule has 24 heavy (non-hydrogen) atoms. The van der Waals surface area contributed by atoms with Gasteiger partial charge in [0, 0.05) is 36.4 Å². The Morgan fingerprint density at radius 2 is 2.12 bits per heavy atom. The Labute approximate surface area is 145 Å². The summed E-state index contributed by atoms with van der Waals surface area (Å²) in [7, 11) is 1.61. The van der Waals surface area contributed by atoms with Gasteiger partial charge in [-0.3, -0.25) is 9.59 Å². The van der Waals surface area contributed by atoms with Crippen LogP contribution in [0.3, 0.4) is 0 Å². The Morgan fingerprint density at radius 1 is 1.38 bits per heavy atom. The van der Waals surface area contributed by atoms with E-state index in [0.717, 1.165) is 5.56 Å². The molecule has 2 aromatic heterocycles. The van der Waals surface area contributed by atoms with Crippen molar-refractivity contribution in [3.63, 3.8) is 0 Å². The summed E-state index contributed by atoms with van der Waals surface area (Å²) < 4.78 is 5.16. The molecule has 0 atom stereocenters. The van der Waals surface area contributed by atoms with Crippen LogP contribution in [0.5, 0.6) is 0 Å². The number of rotatable bonds is 6. The zero-order valence-corrected chi connectivity index (χ0v) is 15.1. The van der Waals surface area contributed by atoms with E-state index in [4.69, 9.17) is 4.52 Å². The number of carbonyl (C=O) groups excluding carboxylic acids is 2. The van der Waals surface area contributed by atoms with E-state index in [0.29, 0.717) is 18.1 Å². The average Bonchev–Trinajstić information content (AvgIpc) is 3.13. The first-order valence-corrected chi connectivity index (χ1v) is 8.59. The number of amides is 2. The highest BCUT2D eigenvalue weighted by Crippen LogP contribution is 2.19. The third-order valence-electron chi connectivity index (χ3n) is 3.12. The minimum absolute atomic E-state index is 0.0279. The standard InChI is InChI=1S/C16H22N4O3S/c1-16(2,3)18-12(21)9-20(4)14(22)6-5-13-17-15(19-23-13)11-7-8-24-10-11/h7-8,10H,5-6,9H2,1-4H3,(H,18,21).